The van der Waals surface area contributed by atoms with E-state index in [0.717, 1.165) is 12.1 Å². The molecule has 0 unspecified atom stereocenters. The summed E-state index contributed by atoms with van der Waals surface area (Å²) in [5.41, 5.74) is -0.621. The third-order valence-corrected chi connectivity index (χ3v) is 1.94. The Bertz CT molecular complexity index is 466. The van der Waals surface area contributed by atoms with Gasteiger partial charge < -0.3 is 14.6 Å². The number of nitro benzene ring substituents is 1. The largest absolute Gasteiger partial charge is 0.504 e. The fourth-order valence-corrected chi connectivity index (χ4v) is 1.15. The summed E-state index contributed by atoms with van der Waals surface area (Å²) in [5.74, 6) is -0.365. The lowest BCUT2D eigenvalue weighted by Gasteiger charge is -2.07. The second-order valence-corrected chi connectivity index (χ2v) is 3.05. The number of phenolic OH excluding ortho intramolecular Hbond substituents is 1. The van der Waals surface area contributed by atoms with Crippen molar-refractivity contribution < 1.29 is 19.5 Å². The van der Waals surface area contributed by atoms with Gasteiger partial charge in [0.25, 0.3) is 5.69 Å². The summed E-state index contributed by atoms with van der Waals surface area (Å²) in [7, 11) is 1.48. The predicted molar refractivity (Wildman–Crippen MR) is 56.8 cm³/mol. The molecule has 0 saturated carbocycles. The van der Waals surface area contributed by atoms with Gasteiger partial charge in [0.1, 0.15) is 18.2 Å². The molecule has 0 aromatic heterocycles. The second-order valence-electron chi connectivity index (χ2n) is 3.05. The number of benzene rings is 1. The molecule has 1 rings (SSSR count). The molecular weight excluding hydrogens is 228 g/mol. The van der Waals surface area contributed by atoms with E-state index in [-0.39, 0.29) is 30.3 Å². The molecule has 1 N–H and O–H groups in total. The number of nitriles is 1. The number of rotatable bonds is 5. The molecule has 0 amide bonds. The van der Waals surface area contributed by atoms with Crippen LogP contribution in [0.2, 0.25) is 0 Å². The van der Waals surface area contributed by atoms with E-state index in [1.54, 1.807) is 6.07 Å². The van der Waals surface area contributed by atoms with Gasteiger partial charge in [-0.1, -0.05) is 0 Å². The fourth-order valence-electron chi connectivity index (χ4n) is 1.15. The van der Waals surface area contributed by atoms with E-state index >= 15 is 0 Å². The molecule has 7 heteroatoms. The minimum Gasteiger partial charge on any atom is -0.504 e. The van der Waals surface area contributed by atoms with Gasteiger partial charge in [-0.2, -0.15) is 5.26 Å². The van der Waals surface area contributed by atoms with Crippen LogP contribution in [0.5, 0.6) is 11.5 Å². The van der Waals surface area contributed by atoms with E-state index in [1.165, 1.54) is 7.11 Å². The molecular formula is C10H10N2O5. The van der Waals surface area contributed by atoms with E-state index in [0.29, 0.717) is 0 Å². The van der Waals surface area contributed by atoms with Gasteiger partial charge in [-0.05, 0) is 0 Å². The number of methoxy groups -OCH3 is 1. The third-order valence-electron chi connectivity index (χ3n) is 1.94. The van der Waals surface area contributed by atoms with Crippen LogP contribution in [-0.4, -0.2) is 30.4 Å². The van der Waals surface area contributed by atoms with Crippen molar-refractivity contribution in [2.24, 2.45) is 0 Å². The topological polar surface area (TPSA) is 106 Å². The standard InChI is InChI=1S/C10H10N2O5/c1-16-2-3-17-10-5-8(12(14)15)7(6-11)4-9(10)13/h4-5,13H,2-3H2,1H3. The minimum atomic E-state index is -0.707. The molecule has 0 heterocycles. The smallest absolute Gasteiger partial charge is 0.291 e. The van der Waals surface area contributed by atoms with Crippen LogP contribution in [0.25, 0.3) is 0 Å². The zero-order valence-corrected chi connectivity index (χ0v) is 9.04. The zero-order valence-electron chi connectivity index (χ0n) is 9.04. The van der Waals surface area contributed by atoms with Crippen LogP contribution >= 0.6 is 0 Å². The van der Waals surface area contributed by atoms with Crippen molar-refractivity contribution in [1.29, 1.82) is 5.26 Å². The summed E-state index contributed by atoms with van der Waals surface area (Å²) in [4.78, 5) is 9.96. The van der Waals surface area contributed by atoms with Gasteiger partial charge in [0, 0.05) is 13.2 Å². The number of nitrogens with zero attached hydrogens (tertiary/aromatic N) is 2. The number of phenols is 1. The van der Waals surface area contributed by atoms with Crippen molar-refractivity contribution in [3.05, 3.63) is 27.8 Å². The average Bonchev–Trinajstić information content (AvgIpc) is 2.30. The molecule has 90 valence electrons. The summed E-state index contributed by atoms with van der Waals surface area (Å²) in [5, 5.41) is 28.8. The summed E-state index contributed by atoms with van der Waals surface area (Å²) < 4.78 is 9.81. The summed E-state index contributed by atoms with van der Waals surface area (Å²) in [6.45, 7) is 0.431. The number of aromatic hydroxyl groups is 1. The van der Waals surface area contributed by atoms with Gasteiger partial charge in [-0.25, -0.2) is 0 Å². The molecule has 0 radical (unpaired) electrons. The van der Waals surface area contributed by atoms with Crippen LogP contribution in [0.15, 0.2) is 12.1 Å². The first kappa shape index (κ1) is 12.7. The molecule has 0 spiro atoms. The number of hydrogen-bond donors (Lipinski definition) is 1. The van der Waals surface area contributed by atoms with Crippen LogP contribution in [0.1, 0.15) is 5.56 Å². The van der Waals surface area contributed by atoms with Crippen LogP contribution in [-0.2, 0) is 4.74 Å². The van der Waals surface area contributed by atoms with Crippen molar-refractivity contribution in [2.45, 2.75) is 0 Å². The molecule has 0 aliphatic heterocycles. The van der Waals surface area contributed by atoms with Gasteiger partial charge in [-0.15, -0.1) is 0 Å². The molecule has 17 heavy (non-hydrogen) atoms. The average molecular weight is 238 g/mol. The summed E-state index contributed by atoms with van der Waals surface area (Å²) >= 11 is 0. The Morgan fingerprint density at radius 3 is 2.76 bits per heavy atom. The first-order valence-corrected chi connectivity index (χ1v) is 4.63. The monoisotopic (exact) mass is 238 g/mol. The second kappa shape index (κ2) is 5.67. The molecule has 0 aliphatic rings. The minimum absolute atomic E-state index is 0.0484. The Balaban J connectivity index is 3.03. The lowest BCUT2D eigenvalue weighted by Crippen LogP contribution is -2.05. The quantitative estimate of drug-likeness (QED) is 0.469. The molecule has 7 nitrogen and oxygen atoms in total. The Kier molecular flexibility index (Phi) is 4.25. The Morgan fingerprint density at radius 1 is 1.53 bits per heavy atom. The molecule has 0 aliphatic carbocycles. The maximum atomic E-state index is 10.7. The van der Waals surface area contributed by atoms with Crippen LogP contribution in [0, 0.1) is 21.4 Å². The zero-order chi connectivity index (χ0) is 12.8. The van der Waals surface area contributed by atoms with Crippen molar-refractivity contribution in [1.82, 2.24) is 0 Å². The molecule has 0 fully saturated rings. The normalized spacial score (nSPS) is 9.65. The van der Waals surface area contributed by atoms with Crippen molar-refractivity contribution >= 4 is 5.69 Å². The first-order chi connectivity index (χ1) is 8.10. The van der Waals surface area contributed by atoms with E-state index in [4.69, 9.17) is 14.7 Å². The van der Waals surface area contributed by atoms with Crippen molar-refractivity contribution in [3.8, 4) is 17.6 Å². The van der Waals surface area contributed by atoms with Gasteiger partial charge in [0.2, 0.25) is 0 Å². The molecule has 0 saturated heterocycles. The molecule has 1 aromatic carbocycles. The van der Waals surface area contributed by atoms with Crippen molar-refractivity contribution in [3.63, 3.8) is 0 Å². The first-order valence-electron chi connectivity index (χ1n) is 4.63. The lowest BCUT2D eigenvalue weighted by molar-refractivity contribution is -0.385. The highest BCUT2D eigenvalue weighted by Gasteiger charge is 2.18. The SMILES string of the molecule is COCCOc1cc([N+](=O)[O-])c(C#N)cc1O. The predicted octanol–water partition coefficient (Wildman–Crippen LogP) is 1.20. The Morgan fingerprint density at radius 2 is 2.24 bits per heavy atom. The van der Waals surface area contributed by atoms with E-state index < -0.39 is 10.6 Å². The maximum absolute atomic E-state index is 10.7. The highest BCUT2D eigenvalue weighted by molar-refractivity contribution is 5.58. The van der Waals surface area contributed by atoms with Gasteiger partial charge in [-0.3, -0.25) is 10.1 Å². The third kappa shape index (κ3) is 3.06. The Labute approximate surface area is 97.0 Å². The van der Waals surface area contributed by atoms with Gasteiger partial charge in [0.15, 0.2) is 11.5 Å². The molecule has 0 bridgehead atoms. The maximum Gasteiger partial charge on any atom is 0.291 e. The molecule has 0 atom stereocenters. The van der Waals surface area contributed by atoms with E-state index in [2.05, 4.69) is 0 Å². The molecule has 1 aromatic rings. The fraction of sp³-hybridized carbons (Fsp3) is 0.300. The Hall–Kier alpha value is -2.33. The van der Waals surface area contributed by atoms with Crippen LogP contribution < -0.4 is 4.74 Å². The van der Waals surface area contributed by atoms with Crippen molar-refractivity contribution in [2.75, 3.05) is 20.3 Å². The summed E-state index contributed by atoms with van der Waals surface area (Å²) in [6, 6.07) is 3.65. The lowest BCUT2D eigenvalue weighted by atomic mass is 10.2. The van der Waals surface area contributed by atoms with Crippen LogP contribution in [0.4, 0.5) is 5.69 Å². The van der Waals surface area contributed by atoms with E-state index in [9.17, 15) is 15.2 Å². The summed E-state index contributed by atoms with van der Waals surface area (Å²) in [6.07, 6.45) is 0. The van der Waals surface area contributed by atoms with Crippen LogP contribution in [0.3, 0.4) is 0 Å². The van der Waals surface area contributed by atoms with Gasteiger partial charge >= 0.3 is 0 Å². The highest BCUT2D eigenvalue weighted by Crippen LogP contribution is 2.33. The number of nitro groups is 1. The highest BCUT2D eigenvalue weighted by atomic mass is 16.6. The van der Waals surface area contributed by atoms with E-state index in [1.807, 2.05) is 0 Å². The number of hydrogen-bond acceptors (Lipinski definition) is 6. The number of ether oxygens (including phenoxy) is 2. The van der Waals surface area contributed by atoms with Gasteiger partial charge in [0.05, 0.1) is 17.6 Å².